The van der Waals surface area contributed by atoms with Crippen LogP contribution in [0.4, 0.5) is 4.39 Å². The van der Waals surface area contributed by atoms with Gasteiger partial charge in [-0.25, -0.2) is 19.2 Å². The number of aliphatic carboxylic acids is 1. The number of carboxylic acid groups (broad SMARTS) is 1. The molecule has 1 saturated heterocycles. The van der Waals surface area contributed by atoms with Gasteiger partial charge < -0.3 is 47.9 Å². The summed E-state index contributed by atoms with van der Waals surface area (Å²) in [5, 5.41) is 11.9. The van der Waals surface area contributed by atoms with E-state index in [1.165, 1.54) is 29.8 Å². The molecule has 0 saturated carbocycles. The van der Waals surface area contributed by atoms with Gasteiger partial charge in [0, 0.05) is 62.3 Å². The number of hydrogen-bond acceptors (Lipinski definition) is 14. The number of halogens is 3. The van der Waals surface area contributed by atoms with Crippen LogP contribution in [0, 0.1) is 19.7 Å². The van der Waals surface area contributed by atoms with Gasteiger partial charge in [-0.15, -0.1) is 11.3 Å². The fraction of sp³-hybridized carbons (Fsp3) is 0.392. The Morgan fingerprint density at radius 2 is 1.67 bits per heavy atom. The van der Waals surface area contributed by atoms with E-state index in [4.69, 9.17) is 61.1 Å². The quantitative estimate of drug-likeness (QED) is 0.0477. The molecule has 0 unspecified atom stereocenters. The summed E-state index contributed by atoms with van der Waals surface area (Å²) in [6.07, 6.45) is 6.05. The summed E-state index contributed by atoms with van der Waals surface area (Å²) >= 11 is 16.0. The van der Waals surface area contributed by atoms with E-state index in [1.807, 2.05) is 13.8 Å². The zero-order valence-electron chi connectivity index (χ0n) is 39.1. The molecule has 4 bridgehead atoms. The minimum Gasteiger partial charge on any atom is -0.491 e. The summed E-state index contributed by atoms with van der Waals surface area (Å²) < 4.78 is 62.6. The standard InChI is InChI=1S/C51H57Cl2FN4O10S/c1-6-7-8-37(64-26-25-63-24-23-62-22-21-61-5)15-20-65-40-14-13-38-27-35(40)28-41(51(59)60)68-49-44-43(48(69-50(44)56-31-55-49)34-9-11-36(54)12-10-34)42-32(2)45(52)47(46(53)33(42)3)67-39(30-66-38)29-58-18-16-57(4)17-19-58/h6-15,27,31,39,41H,1,16-26,28-30H2,2-5H3,(H,59,60)/b8-7-,37-15+/t39-,41-/m1/s1. The van der Waals surface area contributed by atoms with Crippen LogP contribution >= 0.6 is 34.5 Å². The Labute approximate surface area is 415 Å². The first kappa shape index (κ1) is 51.5. The first-order chi connectivity index (χ1) is 33.4. The third-order valence-electron chi connectivity index (χ3n) is 11.6. The predicted molar refractivity (Wildman–Crippen MR) is 266 cm³/mol. The van der Waals surface area contributed by atoms with Crippen LogP contribution in [-0.4, -0.2) is 143 Å². The summed E-state index contributed by atoms with van der Waals surface area (Å²) in [4.78, 5) is 28.3. The molecule has 0 amide bonds. The number of likely N-dealkylation sites (N-methyl/N-ethyl adjacent to an activating group) is 1. The topological polar surface area (TPSA) is 143 Å². The smallest absolute Gasteiger partial charge is 0.345 e. The number of piperazine rings is 1. The number of carboxylic acids is 1. The van der Waals surface area contributed by atoms with E-state index in [1.54, 1.807) is 61.7 Å². The highest BCUT2D eigenvalue weighted by atomic mass is 35.5. The number of hydrogen-bond donors (Lipinski definition) is 1. The molecule has 3 aliphatic heterocycles. The highest BCUT2D eigenvalue weighted by Crippen LogP contribution is 2.53. The van der Waals surface area contributed by atoms with Crippen molar-refractivity contribution < 1.29 is 52.2 Å². The summed E-state index contributed by atoms with van der Waals surface area (Å²) in [6, 6.07) is 11.3. The average Bonchev–Trinajstić information content (AvgIpc) is 3.73. The number of thiophene rings is 1. The van der Waals surface area contributed by atoms with Crippen LogP contribution < -0.4 is 18.9 Å². The van der Waals surface area contributed by atoms with Gasteiger partial charge in [-0.3, -0.25) is 4.90 Å². The number of carbonyl (C=O) groups is 1. The monoisotopic (exact) mass is 1010 g/mol. The van der Waals surface area contributed by atoms with Gasteiger partial charge in [0.25, 0.3) is 0 Å². The molecule has 5 heterocycles. The Morgan fingerprint density at radius 3 is 2.36 bits per heavy atom. The van der Waals surface area contributed by atoms with Crippen molar-refractivity contribution in [3.05, 3.63) is 118 Å². The zero-order valence-corrected chi connectivity index (χ0v) is 41.5. The van der Waals surface area contributed by atoms with Crippen LogP contribution in [0.2, 0.25) is 10.0 Å². The molecule has 1 fully saturated rings. The lowest BCUT2D eigenvalue weighted by Gasteiger charge is -2.35. The van der Waals surface area contributed by atoms with E-state index >= 15 is 0 Å². The molecule has 5 aromatic rings. The van der Waals surface area contributed by atoms with Crippen LogP contribution in [0.5, 0.6) is 23.1 Å². The Kier molecular flexibility index (Phi) is 18.7. The third kappa shape index (κ3) is 13.3. The lowest BCUT2D eigenvalue weighted by Crippen LogP contribution is -2.49. The number of allylic oxidation sites excluding steroid dienone is 3. The van der Waals surface area contributed by atoms with Gasteiger partial charge in [0.2, 0.25) is 12.0 Å². The Balaban J connectivity index is 1.27. The van der Waals surface area contributed by atoms with Crippen LogP contribution in [-0.2, 0) is 30.2 Å². The fourth-order valence-corrected chi connectivity index (χ4v) is 9.61. The normalized spacial score (nSPS) is 17.1. The number of fused-ring (bicyclic) bond motifs is 7. The molecular weight excluding hydrogens is 951 g/mol. The molecule has 0 radical (unpaired) electrons. The zero-order chi connectivity index (χ0) is 48.9. The lowest BCUT2D eigenvalue weighted by molar-refractivity contribution is -0.145. The summed E-state index contributed by atoms with van der Waals surface area (Å²) in [6.45, 7) is 14.1. The molecule has 18 heteroatoms. The number of methoxy groups -OCH3 is 1. The summed E-state index contributed by atoms with van der Waals surface area (Å²) in [5.74, 6) is 0.0437. The maximum atomic E-state index is 14.4. The first-order valence-electron chi connectivity index (χ1n) is 22.6. The van der Waals surface area contributed by atoms with Crippen LogP contribution in [0.15, 0.2) is 85.4 Å². The van der Waals surface area contributed by atoms with Crippen LogP contribution in [0.25, 0.3) is 31.8 Å². The van der Waals surface area contributed by atoms with Gasteiger partial charge in [0.05, 0.1) is 48.5 Å². The number of benzene rings is 3. The molecular formula is C51H57Cl2FN4O10S. The Hall–Kier alpha value is -5.30. The SMILES string of the molecule is C=C/C=C\C(=C/COc1ccc2cc1C[C@H](C(=O)O)Oc1ncnc3sc(-c4ccc(F)cc4)c(c13)-c1c(C)c(Cl)c(c(Cl)c1C)O[C@H](CN1CCN(C)CC1)CO2)OCCOCCOCCOC. The lowest BCUT2D eigenvalue weighted by atomic mass is 9.92. The molecule has 0 aliphatic carbocycles. The van der Waals surface area contributed by atoms with E-state index in [0.717, 1.165) is 26.2 Å². The van der Waals surface area contributed by atoms with Gasteiger partial charge in [0.15, 0.2) is 5.75 Å². The highest BCUT2D eigenvalue weighted by Gasteiger charge is 2.32. The van der Waals surface area contributed by atoms with Gasteiger partial charge in [-0.05, 0) is 85.6 Å². The molecule has 2 atom stereocenters. The molecule has 3 aromatic carbocycles. The maximum Gasteiger partial charge on any atom is 0.345 e. The van der Waals surface area contributed by atoms with Crippen molar-refractivity contribution in [1.29, 1.82) is 0 Å². The molecule has 1 N–H and O–H groups in total. The molecule has 0 spiro atoms. The van der Waals surface area contributed by atoms with Crippen molar-refractivity contribution in [2.45, 2.75) is 32.5 Å². The van der Waals surface area contributed by atoms with E-state index in [0.29, 0.717) is 121 Å². The van der Waals surface area contributed by atoms with E-state index in [2.05, 4.69) is 33.4 Å². The summed E-state index contributed by atoms with van der Waals surface area (Å²) in [7, 11) is 3.72. The second-order valence-electron chi connectivity index (χ2n) is 16.4. The van der Waals surface area contributed by atoms with Crippen LogP contribution in [0.1, 0.15) is 16.7 Å². The maximum absolute atomic E-state index is 14.4. The Morgan fingerprint density at radius 1 is 0.957 bits per heavy atom. The molecule has 3 aliphatic rings. The van der Waals surface area contributed by atoms with Crippen LogP contribution in [0.3, 0.4) is 0 Å². The second kappa shape index (κ2) is 25.0. The third-order valence-corrected chi connectivity index (χ3v) is 13.6. The first-order valence-corrected chi connectivity index (χ1v) is 24.2. The number of ether oxygens (including phenoxy) is 8. The molecule has 14 nitrogen and oxygen atoms in total. The van der Waals surface area contributed by atoms with Crippen molar-refractivity contribution in [1.82, 2.24) is 19.8 Å². The van der Waals surface area contributed by atoms with Crippen molar-refractivity contribution in [3.8, 4) is 44.7 Å². The molecule has 69 heavy (non-hydrogen) atoms. The van der Waals surface area contributed by atoms with E-state index < -0.39 is 24.0 Å². The second-order valence-corrected chi connectivity index (χ2v) is 18.2. The van der Waals surface area contributed by atoms with Crippen molar-refractivity contribution >= 4 is 50.7 Å². The largest absolute Gasteiger partial charge is 0.491 e. The van der Waals surface area contributed by atoms with Crippen molar-refractivity contribution in [2.24, 2.45) is 0 Å². The van der Waals surface area contributed by atoms with Gasteiger partial charge in [0.1, 0.15) is 60.2 Å². The van der Waals surface area contributed by atoms with E-state index in [-0.39, 0.29) is 32.1 Å². The fourth-order valence-electron chi connectivity index (χ4n) is 7.95. The van der Waals surface area contributed by atoms with Crippen molar-refractivity contribution in [2.75, 3.05) is 99.7 Å². The highest BCUT2D eigenvalue weighted by molar-refractivity contribution is 7.22. The molecule has 2 aromatic heterocycles. The Bertz CT molecular complexity index is 2590. The van der Waals surface area contributed by atoms with Crippen molar-refractivity contribution in [3.63, 3.8) is 0 Å². The average molecular weight is 1010 g/mol. The number of rotatable bonds is 19. The minimum absolute atomic E-state index is 0.0196. The van der Waals surface area contributed by atoms with Gasteiger partial charge >= 0.3 is 5.97 Å². The van der Waals surface area contributed by atoms with Gasteiger partial charge in [-0.1, -0.05) is 54.1 Å². The predicted octanol–water partition coefficient (Wildman–Crippen LogP) is 9.25. The van der Waals surface area contributed by atoms with E-state index in [9.17, 15) is 14.3 Å². The number of nitrogens with zero attached hydrogens (tertiary/aromatic N) is 4. The summed E-state index contributed by atoms with van der Waals surface area (Å²) in [5.41, 5.74) is 3.73. The van der Waals surface area contributed by atoms with Gasteiger partial charge in [-0.2, -0.15) is 0 Å². The minimum atomic E-state index is -1.47. The number of aromatic nitrogens is 2. The molecule has 368 valence electrons. The molecule has 8 rings (SSSR count).